The van der Waals surface area contributed by atoms with Crippen LogP contribution in [0.1, 0.15) is 16.7 Å². The maximum atomic E-state index is 10.5. The van der Waals surface area contributed by atoms with E-state index in [-0.39, 0.29) is 6.61 Å². The maximum Gasteiger partial charge on any atom is 0.155 e. The molecule has 3 aromatic rings. The average molecular weight is 392 g/mol. The van der Waals surface area contributed by atoms with Crippen molar-refractivity contribution < 1.29 is 24.1 Å². The lowest BCUT2D eigenvalue weighted by atomic mass is 9.77. The molecule has 1 aliphatic heterocycles. The van der Waals surface area contributed by atoms with E-state index in [1.165, 1.54) is 0 Å². The van der Waals surface area contributed by atoms with Gasteiger partial charge in [0.15, 0.2) is 11.2 Å². The van der Waals surface area contributed by atoms with Gasteiger partial charge in [0.2, 0.25) is 0 Å². The highest BCUT2D eigenvalue weighted by Crippen LogP contribution is 2.65. The minimum atomic E-state index is -0.900. The molecule has 1 N–H and O–H groups in total. The van der Waals surface area contributed by atoms with Crippen molar-refractivity contribution >= 4 is 0 Å². The molecule has 1 atom stereocenters. The predicted octanol–water partition coefficient (Wildman–Crippen LogP) is 3.87. The number of aliphatic hydroxyl groups excluding tert-OH is 1. The van der Waals surface area contributed by atoms with Gasteiger partial charge >= 0.3 is 0 Å². The third-order valence-electron chi connectivity index (χ3n) is 5.63. The van der Waals surface area contributed by atoms with Gasteiger partial charge in [-0.15, -0.1) is 0 Å². The Bertz CT molecular complexity index is 916. The Morgan fingerprint density at radius 1 is 0.621 bits per heavy atom. The minimum absolute atomic E-state index is 0.169. The van der Waals surface area contributed by atoms with Crippen LogP contribution in [0.4, 0.5) is 0 Å². The van der Waals surface area contributed by atoms with E-state index < -0.39 is 11.2 Å². The van der Waals surface area contributed by atoms with Crippen molar-refractivity contribution in [3.8, 4) is 17.2 Å². The largest absolute Gasteiger partial charge is 0.497 e. The summed E-state index contributed by atoms with van der Waals surface area (Å²) in [7, 11) is 4.90. The Kier molecular flexibility index (Phi) is 4.94. The lowest BCUT2D eigenvalue weighted by Crippen LogP contribution is -2.27. The van der Waals surface area contributed by atoms with Crippen LogP contribution in [0.2, 0.25) is 0 Å². The zero-order valence-electron chi connectivity index (χ0n) is 16.7. The van der Waals surface area contributed by atoms with E-state index in [4.69, 9.17) is 18.9 Å². The number of benzene rings is 3. The van der Waals surface area contributed by atoms with Crippen LogP contribution in [-0.4, -0.2) is 33.0 Å². The van der Waals surface area contributed by atoms with E-state index in [9.17, 15) is 5.11 Å². The first-order chi connectivity index (χ1) is 14.1. The molecule has 29 heavy (non-hydrogen) atoms. The molecule has 0 unspecified atom stereocenters. The molecule has 5 heteroatoms. The first-order valence-corrected chi connectivity index (χ1v) is 9.38. The van der Waals surface area contributed by atoms with E-state index in [2.05, 4.69) is 0 Å². The SMILES string of the molecule is COc1ccc(C2(c3ccc(OC)cc3)O[C@@]2(CO)c2ccc(OC)cc2)cc1. The van der Waals surface area contributed by atoms with Gasteiger partial charge in [-0.1, -0.05) is 36.4 Å². The van der Waals surface area contributed by atoms with Gasteiger partial charge in [-0.25, -0.2) is 0 Å². The number of methoxy groups -OCH3 is 3. The number of epoxide rings is 1. The number of rotatable bonds is 7. The van der Waals surface area contributed by atoms with E-state index in [1.807, 2.05) is 72.8 Å². The number of aliphatic hydroxyl groups is 1. The molecule has 0 saturated carbocycles. The first kappa shape index (κ1) is 19.3. The Balaban J connectivity index is 1.86. The van der Waals surface area contributed by atoms with Crippen LogP contribution >= 0.6 is 0 Å². The zero-order chi connectivity index (χ0) is 20.5. The molecule has 1 fully saturated rings. The van der Waals surface area contributed by atoms with Gasteiger partial charge in [-0.2, -0.15) is 0 Å². The number of ether oxygens (including phenoxy) is 4. The van der Waals surface area contributed by atoms with Gasteiger partial charge < -0.3 is 24.1 Å². The van der Waals surface area contributed by atoms with Gasteiger partial charge in [0.05, 0.1) is 27.9 Å². The lowest BCUT2D eigenvalue weighted by Gasteiger charge is -2.21. The Morgan fingerprint density at radius 2 is 0.966 bits per heavy atom. The van der Waals surface area contributed by atoms with Gasteiger partial charge in [0.25, 0.3) is 0 Å². The van der Waals surface area contributed by atoms with Crippen LogP contribution in [0.15, 0.2) is 72.8 Å². The molecule has 0 spiro atoms. The molecule has 5 nitrogen and oxygen atoms in total. The highest BCUT2D eigenvalue weighted by molar-refractivity contribution is 5.53. The molecule has 1 aliphatic rings. The van der Waals surface area contributed by atoms with Gasteiger partial charge in [-0.05, 0) is 53.1 Å². The third kappa shape index (κ3) is 2.94. The van der Waals surface area contributed by atoms with E-state index in [1.54, 1.807) is 21.3 Å². The molecule has 0 amide bonds. The monoisotopic (exact) mass is 392 g/mol. The predicted molar refractivity (Wildman–Crippen MR) is 110 cm³/mol. The quantitative estimate of drug-likeness (QED) is 0.619. The summed E-state index contributed by atoms with van der Waals surface area (Å²) in [6, 6.07) is 23.1. The highest BCUT2D eigenvalue weighted by Gasteiger charge is 2.72. The van der Waals surface area contributed by atoms with Gasteiger partial charge in [-0.3, -0.25) is 0 Å². The topological polar surface area (TPSA) is 60.5 Å². The smallest absolute Gasteiger partial charge is 0.155 e. The molecule has 4 rings (SSSR count). The summed E-state index contributed by atoms with van der Waals surface area (Å²) < 4.78 is 22.3. The van der Waals surface area contributed by atoms with Crippen molar-refractivity contribution in [2.45, 2.75) is 11.2 Å². The summed E-state index contributed by atoms with van der Waals surface area (Å²) in [6.07, 6.45) is 0. The number of hydrogen-bond acceptors (Lipinski definition) is 5. The molecule has 150 valence electrons. The zero-order valence-corrected chi connectivity index (χ0v) is 16.7. The van der Waals surface area contributed by atoms with Crippen molar-refractivity contribution in [1.82, 2.24) is 0 Å². The Hall–Kier alpha value is -3.02. The van der Waals surface area contributed by atoms with Crippen molar-refractivity contribution in [2.75, 3.05) is 27.9 Å². The molecular weight excluding hydrogens is 368 g/mol. The van der Waals surface area contributed by atoms with Crippen molar-refractivity contribution in [3.63, 3.8) is 0 Å². The second kappa shape index (κ2) is 7.43. The molecule has 0 aromatic heterocycles. The van der Waals surface area contributed by atoms with Crippen LogP contribution in [0.5, 0.6) is 17.2 Å². The van der Waals surface area contributed by atoms with Crippen molar-refractivity contribution in [2.24, 2.45) is 0 Å². The van der Waals surface area contributed by atoms with Crippen LogP contribution in [0, 0.1) is 0 Å². The molecule has 0 bridgehead atoms. The molecule has 1 saturated heterocycles. The van der Waals surface area contributed by atoms with Crippen LogP contribution in [0.25, 0.3) is 0 Å². The second-order valence-corrected chi connectivity index (χ2v) is 6.95. The number of hydrogen-bond donors (Lipinski definition) is 1. The summed E-state index contributed by atoms with van der Waals surface area (Å²) in [6.45, 7) is -0.169. The van der Waals surface area contributed by atoms with Gasteiger partial charge in [0, 0.05) is 0 Å². The molecule has 0 aliphatic carbocycles. The average Bonchev–Trinajstić information content (AvgIpc) is 3.51. The van der Waals surface area contributed by atoms with Gasteiger partial charge in [0.1, 0.15) is 17.2 Å². The lowest BCUT2D eigenvalue weighted by molar-refractivity contribution is 0.171. The summed E-state index contributed by atoms with van der Waals surface area (Å²) in [5.74, 6) is 2.28. The summed E-state index contributed by atoms with van der Waals surface area (Å²) in [4.78, 5) is 0. The normalized spacial score (nSPS) is 19.4. The Morgan fingerprint density at radius 3 is 1.28 bits per heavy atom. The van der Waals surface area contributed by atoms with Crippen molar-refractivity contribution in [1.29, 1.82) is 0 Å². The third-order valence-corrected chi connectivity index (χ3v) is 5.63. The summed E-state index contributed by atoms with van der Waals surface area (Å²) in [5.41, 5.74) is 1.03. The van der Waals surface area contributed by atoms with Crippen molar-refractivity contribution in [3.05, 3.63) is 89.5 Å². The van der Waals surface area contributed by atoms with Crippen LogP contribution in [0.3, 0.4) is 0 Å². The summed E-state index contributed by atoms with van der Waals surface area (Å²) >= 11 is 0. The fourth-order valence-corrected chi connectivity index (χ4v) is 4.00. The van der Waals surface area contributed by atoms with E-state index in [0.717, 1.165) is 33.9 Å². The molecule has 1 heterocycles. The Labute approximate surface area is 170 Å². The van der Waals surface area contributed by atoms with E-state index in [0.29, 0.717) is 0 Å². The molecule has 3 aromatic carbocycles. The van der Waals surface area contributed by atoms with Crippen LogP contribution in [-0.2, 0) is 15.9 Å². The first-order valence-electron chi connectivity index (χ1n) is 9.38. The summed E-state index contributed by atoms with van der Waals surface area (Å²) in [5, 5.41) is 10.5. The minimum Gasteiger partial charge on any atom is -0.497 e. The van der Waals surface area contributed by atoms with E-state index >= 15 is 0 Å². The van der Waals surface area contributed by atoms with Crippen LogP contribution < -0.4 is 14.2 Å². The molecular formula is C24H24O5. The fourth-order valence-electron chi connectivity index (χ4n) is 4.00. The molecule has 0 radical (unpaired) electrons. The highest BCUT2D eigenvalue weighted by atomic mass is 16.6. The fraction of sp³-hybridized carbons (Fsp3) is 0.250. The second-order valence-electron chi connectivity index (χ2n) is 6.95. The standard InChI is InChI=1S/C24H24O5/c1-26-20-10-4-17(5-11-20)23(16-25)24(29-23,18-6-12-21(27-2)13-7-18)19-8-14-22(28-3)15-9-19/h4-15,25H,16H2,1-3H3/t23-/m0/s1. The maximum absolute atomic E-state index is 10.5.